The molecule has 2 nitrogen and oxygen atoms in total. The van der Waals surface area contributed by atoms with E-state index in [0.29, 0.717) is 6.04 Å². The van der Waals surface area contributed by atoms with E-state index in [2.05, 4.69) is 16.4 Å². The maximum absolute atomic E-state index is 6.04. The summed E-state index contributed by atoms with van der Waals surface area (Å²) in [6.45, 7) is 0.991. The zero-order valence-corrected chi connectivity index (χ0v) is 11.7. The first-order valence-electron chi connectivity index (χ1n) is 5.73. The van der Waals surface area contributed by atoms with Crippen LogP contribution >= 0.6 is 34.3 Å². The number of thiazole rings is 1. The second-order valence-corrected chi connectivity index (χ2v) is 6.90. The first kappa shape index (κ1) is 11.7. The number of thiophene rings is 1. The van der Waals surface area contributed by atoms with Gasteiger partial charge >= 0.3 is 0 Å². The van der Waals surface area contributed by atoms with Gasteiger partial charge in [-0.1, -0.05) is 11.6 Å². The molecular formula is C12H13ClN2S2. The molecule has 2 heterocycles. The first-order chi connectivity index (χ1) is 8.33. The van der Waals surface area contributed by atoms with Gasteiger partial charge in [-0.25, -0.2) is 4.98 Å². The predicted octanol–water partition coefficient (Wildman–Crippen LogP) is 3.68. The average molecular weight is 285 g/mol. The lowest BCUT2D eigenvalue weighted by Crippen LogP contribution is -2.21. The van der Waals surface area contributed by atoms with Crippen molar-refractivity contribution in [2.24, 2.45) is 0 Å². The van der Waals surface area contributed by atoms with Crippen LogP contribution < -0.4 is 5.32 Å². The molecule has 0 amide bonds. The zero-order chi connectivity index (χ0) is 11.7. The van der Waals surface area contributed by atoms with Crippen LogP contribution in [0, 0.1) is 0 Å². The highest BCUT2D eigenvalue weighted by atomic mass is 35.5. The van der Waals surface area contributed by atoms with Crippen molar-refractivity contribution < 1.29 is 0 Å². The van der Waals surface area contributed by atoms with Gasteiger partial charge in [0.15, 0.2) is 0 Å². The Balaban J connectivity index is 1.56. The molecule has 0 bridgehead atoms. The molecule has 0 saturated carbocycles. The van der Waals surface area contributed by atoms with E-state index in [1.807, 2.05) is 11.6 Å². The molecular weight excluding hydrogens is 272 g/mol. The highest BCUT2D eigenvalue weighted by Gasteiger charge is 2.24. The molecule has 1 unspecified atom stereocenters. The maximum atomic E-state index is 6.04. The second kappa shape index (κ2) is 5.06. The summed E-state index contributed by atoms with van der Waals surface area (Å²) in [5.74, 6) is 0. The van der Waals surface area contributed by atoms with Crippen LogP contribution in [-0.2, 0) is 12.8 Å². The Morgan fingerprint density at radius 2 is 2.47 bits per heavy atom. The average Bonchev–Trinajstić information content (AvgIpc) is 2.97. The minimum atomic E-state index is 0.494. The molecule has 2 aromatic heterocycles. The van der Waals surface area contributed by atoms with Crippen molar-refractivity contribution in [1.29, 1.82) is 0 Å². The Morgan fingerprint density at radius 1 is 1.53 bits per heavy atom. The fraction of sp³-hybridized carbons (Fsp3) is 0.417. The summed E-state index contributed by atoms with van der Waals surface area (Å²) in [7, 11) is 0. The molecule has 0 aliphatic heterocycles. The lowest BCUT2D eigenvalue weighted by molar-refractivity contribution is 0.533. The number of nitrogens with one attached hydrogen (secondary N) is 1. The number of rotatable bonds is 4. The van der Waals surface area contributed by atoms with Gasteiger partial charge in [0, 0.05) is 35.5 Å². The van der Waals surface area contributed by atoms with Crippen LogP contribution in [0.15, 0.2) is 17.6 Å². The van der Waals surface area contributed by atoms with Gasteiger partial charge in [0.25, 0.3) is 0 Å². The molecule has 5 heteroatoms. The van der Waals surface area contributed by atoms with Gasteiger partial charge in [0.05, 0.1) is 9.34 Å². The first-order valence-corrected chi connectivity index (χ1v) is 7.80. The third-order valence-corrected chi connectivity index (χ3v) is 5.24. The zero-order valence-electron chi connectivity index (χ0n) is 9.28. The van der Waals surface area contributed by atoms with Crippen LogP contribution in [-0.4, -0.2) is 11.5 Å². The van der Waals surface area contributed by atoms with Gasteiger partial charge in [-0.05, 0) is 24.5 Å². The highest BCUT2D eigenvalue weighted by Crippen LogP contribution is 2.39. The van der Waals surface area contributed by atoms with E-state index in [0.717, 1.165) is 17.3 Å². The van der Waals surface area contributed by atoms with E-state index < -0.39 is 0 Å². The van der Waals surface area contributed by atoms with Crippen LogP contribution in [0.1, 0.15) is 27.9 Å². The summed E-state index contributed by atoms with van der Waals surface area (Å²) in [5, 5.41) is 6.84. The van der Waals surface area contributed by atoms with E-state index in [1.54, 1.807) is 22.7 Å². The van der Waals surface area contributed by atoms with Gasteiger partial charge in [0.2, 0.25) is 0 Å². The Kier molecular flexibility index (Phi) is 3.47. The molecule has 0 saturated heterocycles. The molecule has 1 aliphatic rings. The van der Waals surface area contributed by atoms with E-state index in [9.17, 15) is 0 Å². The summed E-state index contributed by atoms with van der Waals surface area (Å²) in [6, 6.07) is 2.61. The molecule has 0 radical (unpaired) electrons. The number of halogens is 1. The van der Waals surface area contributed by atoms with Crippen molar-refractivity contribution in [2.45, 2.75) is 25.3 Å². The molecule has 3 rings (SSSR count). The minimum Gasteiger partial charge on any atom is -0.309 e. The maximum Gasteiger partial charge on any atom is 0.0937 e. The Hall–Kier alpha value is -0.420. The highest BCUT2D eigenvalue weighted by molar-refractivity contribution is 7.16. The minimum absolute atomic E-state index is 0.494. The van der Waals surface area contributed by atoms with Crippen molar-refractivity contribution in [1.82, 2.24) is 10.3 Å². The molecule has 0 aromatic carbocycles. The monoisotopic (exact) mass is 284 g/mol. The predicted molar refractivity (Wildman–Crippen MR) is 74.2 cm³/mol. The van der Waals surface area contributed by atoms with Crippen LogP contribution in [0.5, 0.6) is 0 Å². The SMILES string of the molecule is Clc1cc2c(s1)CCC2NCCc1nccs1. The van der Waals surface area contributed by atoms with Crippen LogP contribution in [0.3, 0.4) is 0 Å². The van der Waals surface area contributed by atoms with Crippen LogP contribution in [0.4, 0.5) is 0 Å². The number of aromatic nitrogens is 1. The fourth-order valence-electron chi connectivity index (χ4n) is 2.27. The van der Waals surface area contributed by atoms with Crippen molar-refractivity contribution >= 4 is 34.3 Å². The summed E-state index contributed by atoms with van der Waals surface area (Å²) >= 11 is 9.49. The van der Waals surface area contributed by atoms with Gasteiger partial charge in [-0.3, -0.25) is 0 Å². The van der Waals surface area contributed by atoms with Gasteiger partial charge < -0.3 is 5.32 Å². The van der Waals surface area contributed by atoms with E-state index in [1.165, 1.54) is 28.3 Å². The molecule has 0 fully saturated rings. The van der Waals surface area contributed by atoms with E-state index in [4.69, 9.17) is 11.6 Å². The molecule has 0 spiro atoms. The van der Waals surface area contributed by atoms with Crippen LogP contribution in [0.25, 0.3) is 0 Å². The van der Waals surface area contributed by atoms with Crippen molar-refractivity contribution in [2.75, 3.05) is 6.54 Å². The lowest BCUT2D eigenvalue weighted by Gasteiger charge is -2.11. The largest absolute Gasteiger partial charge is 0.309 e. The van der Waals surface area contributed by atoms with Gasteiger partial charge in [0.1, 0.15) is 0 Å². The smallest absolute Gasteiger partial charge is 0.0937 e. The standard InChI is InChI=1S/C12H13ClN2S2/c13-11-7-8-9(1-2-10(8)17-11)14-4-3-12-15-5-6-16-12/h5-7,9,14H,1-4H2. The summed E-state index contributed by atoms with van der Waals surface area (Å²) in [6.07, 6.45) is 5.26. The lowest BCUT2D eigenvalue weighted by atomic mass is 10.2. The molecule has 1 aliphatic carbocycles. The number of hydrogen-bond acceptors (Lipinski definition) is 4. The molecule has 90 valence electrons. The number of nitrogens with zero attached hydrogens (tertiary/aromatic N) is 1. The Morgan fingerprint density at radius 3 is 3.29 bits per heavy atom. The molecule has 1 atom stereocenters. The van der Waals surface area contributed by atoms with Crippen molar-refractivity contribution in [3.05, 3.63) is 37.4 Å². The normalized spacial score (nSPS) is 18.5. The second-order valence-electron chi connectivity index (χ2n) is 4.15. The Bertz CT molecular complexity index is 493. The Labute approximate surface area is 114 Å². The number of aryl methyl sites for hydroxylation is 1. The fourth-order valence-corrected chi connectivity index (χ4v) is 4.25. The topological polar surface area (TPSA) is 24.9 Å². The third-order valence-electron chi connectivity index (χ3n) is 3.06. The molecule has 2 aromatic rings. The van der Waals surface area contributed by atoms with Crippen LogP contribution in [0.2, 0.25) is 4.34 Å². The van der Waals surface area contributed by atoms with Gasteiger partial charge in [-0.15, -0.1) is 22.7 Å². The molecule has 17 heavy (non-hydrogen) atoms. The third kappa shape index (κ3) is 2.55. The molecule has 1 N–H and O–H groups in total. The number of fused-ring (bicyclic) bond motifs is 1. The summed E-state index contributed by atoms with van der Waals surface area (Å²) in [4.78, 5) is 5.75. The summed E-state index contributed by atoms with van der Waals surface area (Å²) < 4.78 is 0.918. The van der Waals surface area contributed by atoms with Gasteiger partial charge in [-0.2, -0.15) is 0 Å². The number of hydrogen-bond donors (Lipinski definition) is 1. The van der Waals surface area contributed by atoms with Crippen molar-refractivity contribution in [3.8, 4) is 0 Å². The van der Waals surface area contributed by atoms with E-state index in [-0.39, 0.29) is 0 Å². The quantitative estimate of drug-likeness (QED) is 0.926. The summed E-state index contributed by atoms with van der Waals surface area (Å²) in [5.41, 5.74) is 1.42. The van der Waals surface area contributed by atoms with E-state index >= 15 is 0 Å². The van der Waals surface area contributed by atoms with Crippen molar-refractivity contribution in [3.63, 3.8) is 0 Å².